The van der Waals surface area contributed by atoms with E-state index in [9.17, 15) is 9.81 Å². The minimum absolute atomic E-state index is 0.551. The van der Waals surface area contributed by atoms with E-state index in [1.165, 1.54) is 10.0 Å². The molecule has 0 aliphatic carbocycles. The lowest BCUT2D eigenvalue weighted by molar-refractivity contribution is 0.263. The Morgan fingerprint density at radius 2 is 1.83 bits per heavy atom. The second-order valence-electron chi connectivity index (χ2n) is 2.44. The predicted molar refractivity (Wildman–Crippen MR) is 46.1 cm³/mol. The average molecular weight is 174 g/mol. The first kappa shape index (κ1) is 10.8. The molecule has 6 nitrogen and oxygen atoms in total. The Bertz CT molecular complexity index is 142. The van der Waals surface area contributed by atoms with Gasteiger partial charge in [-0.1, -0.05) is 0 Å². The average Bonchev–Trinajstić information content (AvgIpc) is 2.12. The third-order valence-corrected chi connectivity index (χ3v) is 1.52. The van der Waals surface area contributed by atoms with Crippen molar-refractivity contribution >= 4 is 0 Å². The molecular formula is C6H14N4O2. The van der Waals surface area contributed by atoms with E-state index in [1.807, 2.05) is 6.92 Å². The second kappa shape index (κ2) is 6.51. The Hall–Kier alpha value is -1.20. The Labute approximate surface area is 71.4 Å². The Kier molecular flexibility index (Phi) is 5.86. The van der Waals surface area contributed by atoms with Crippen molar-refractivity contribution in [3.8, 4) is 0 Å². The highest BCUT2D eigenvalue weighted by Crippen LogP contribution is 1.93. The van der Waals surface area contributed by atoms with Gasteiger partial charge in [0.2, 0.25) is 0 Å². The molecule has 70 valence electrons. The molecule has 0 atom stereocenters. The largest absolute Gasteiger partial charge is 0.264 e. The van der Waals surface area contributed by atoms with Gasteiger partial charge in [-0.2, -0.15) is 0 Å². The van der Waals surface area contributed by atoms with Crippen molar-refractivity contribution in [1.82, 2.24) is 10.0 Å². The number of hydrogen-bond donors (Lipinski definition) is 0. The van der Waals surface area contributed by atoms with E-state index in [4.69, 9.17) is 0 Å². The van der Waals surface area contributed by atoms with E-state index in [-0.39, 0.29) is 0 Å². The Balaban J connectivity index is 3.40. The van der Waals surface area contributed by atoms with Gasteiger partial charge in [-0.05, 0) is 13.3 Å². The van der Waals surface area contributed by atoms with Crippen LogP contribution in [0.25, 0.3) is 0 Å². The third-order valence-electron chi connectivity index (χ3n) is 1.52. The third kappa shape index (κ3) is 4.59. The van der Waals surface area contributed by atoms with Crippen molar-refractivity contribution in [2.45, 2.75) is 13.3 Å². The number of rotatable bonds is 7. The molecule has 12 heavy (non-hydrogen) atoms. The van der Waals surface area contributed by atoms with Gasteiger partial charge in [-0.3, -0.25) is 10.0 Å². The molecule has 0 radical (unpaired) electrons. The summed E-state index contributed by atoms with van der Waals surface area (Å²) in [6, 6.07) is 0. The zero-order chi connectivity index (χ0) is 9.40. The van der Waals surface area contributed by atoms with Crippen molar-refractivity contribution in [3.63, 3.8) is 0 Å². The van der Waals surface area contributed by atoms with Gasteiger partial charge < -0.3 is 0 Å². The number of nitrogens with zero attached hydrogens (tertiary/aromatic N) is 4. The van der Waals surface area contributed by atoms with Gasteiger partial charge in [0.25, 0.3) is 0 Å². The molecule has 0 aromatic carbocycles. The van der Waals surface area contributed by atoms with Crippen molar-refractivity contribution in [2.75, 3.05) is 26.7 Å². The molecular weight excluding hydrogens is 160 g/mol. The van der Waals surface area contributed by atoms with Crippen LogP contribution in [-0.4, -0.2) is 36.7 Å². The molecule has 0 aromatic heterocycles. The standard InChI is InChI=1S/C6H14N4O2/c1-3-10(8-12)6-4-5-9(2)7-11/h3-6H2,1-2H3. The molecule has 0 saturated heterocycles. The molecule has 0 fully saturated rings. The molecule has 0 amide bonds. The topological polar surface area (TPSA) is 65.3 Å². The lowest BCUT2D eigenvalue weighted by Gasteiger charge is -2.13. The lowest BCUT2D eigenvalue weighted by atomic mass is 10.4. The highest BCUT2D eigenvalue weighted by Gasteiger charge is 2.00. The zero-order valence-corrected chi connectivity index (χ0v) is 7.43. The maximum Gasteiger partial charge on any atom is 0.0523 e. The van der Waals surface area contributed by atoms with E-state index in [0.717, 1.165) is 0 Å². The first-order valence-electron chi connectivity index (χ1n) is 3.87. The van der Waals surface area contributed by atoms with Crippen LogP contribution in [0.5, 0.6) is 0 Å². The lowest BCUT2D eigenvalue weighted by Crippen LogP contribution is -2.21. The van der Waals surface area contributed by atoms with Crippen LogP contribution in [0.2, 0.25) is 0 Å². The summed E-state index contributed by atoms with van der Waals surface area (Å²) in [5.74, 6) is 0. The van der Waals surface area contributed by atoms with Crippen LogP contribution in [0.1, 0.15) is 13.3 Å². The van der Waals surface area contributed by atoms with Crippen LogP contribution in [0.4, 0.5) is 0 Å². The van der Waals surface area contributed by atoms with Crippen molar-refractivity contribution in [1.29, 1.82) is 0 Å². The molecule has 6 heteroatoms. The summed E-state index contributed by atoms with van der Waals surface area (Å²) in [5, 5.41) is 8.17. The fraction of sp³-hybridized carbons (Fsp3) is 1.00. The van der Waals surface area contributed by atoms with Crippen molar-refractivity contribution in [3.05, 3.63) is 9.81 Å². The smallest absolute Gasteiger partial charge is 0.0523 e. The predicted octanol–water partition coefficient (Wildman–Crippen LogP) is 0.993. The van der Waals surface area contributed by atoms with E-state index >= 15 is 0 Å². The SMILES string of the molecule is CCN(CCCN(C)N=O)N=O. The first-order valence-corrected chi connectivity index (χ1v) is 3.87. The van der Waals surface area contributed by atoms with Crippen LogP contribution in [-0.2, 0) is 0 Å². The maximum atomic E-state index is 10.1. The van der Waals surface area contributed by atoms with Crippen LogP contribution < -0.4 is 0 Å². The zero-order valence-electron chi connectivity index (χ0n) is 7.43. The minimum atomic E-state index is 0.551. The minimum Gasteiger partial charge on any atom is -0.264 e. The normalized spacial score (nSPS) is 9.17. The monoisotopic (exact) mass is 174 g/mol. The van der Waals surface area contributed by atoms with E-state index in [1.54, 1.807) is 7.05 Å². The Morgan fingerprint density at radius 3 is 2.25 bits per heavy atom. The molecule has 0 saturated carbocycles. The van der Waals surface area contributed by atoms with Crippen LogP contribution in [0.15, 0.2) is 10.6 Å². The van der Waals surface area contributed by atoms with Gasteiger partial charge in [-0.25, -0.2) is 0 Å². The summed E-state index contributed by atoms with van der Waals surface area (Å²) in [6.45, 7) is 3.57. The summed E-state index contributed by atoms with van der Waals surface area (Å²) in [4.78, 5) is 20.0. The second-order valence-corrected chi connectivity index (χ2v) is 2.44. The molecule has 0 N–H and O–H groups in total. The summed E-state index contributed by atoms with van der Waals surface area (Å²) >= 11 is 0. The first-order chi connectivity index (χ1) is 5.74. The molecule has 0 aliphatic heterocycles. The van der Waals surface area contributed by atoms with E-state index in [2.05, 4.69) is 10.6 Å². The summed E-state index contributed by atoms with van der Waals surface area (Å²) in [5.41, 5.74) is 0. The molecule has 0 heterocycles. The quantitative estimate of drug-likeness (QED) is 0.426. The van der Waals surface area contributed by atoms with Crippen LogP contribution in [0, 0.1) is 9.81 Å². The molecule has 0 spiro atoms. The van der Waals surface area contributed by atoms with Gasteiger partial charge in [0.15, 0.2) is 0 Å². The van der Waals surface area contributed by atoms with E-state index < -0.39 is 0 Å². The maximum absolute atomic E-state index is 10.1. The highest BCUT2D eigenvalue weighted by atomic mass is 16.3. The van der Waals surface area contributed by atoms with Crippen molar-refractivity contribution < 1.29 is 0 Å². The Morgan fingerprint density at radius 1 is 1.17 bits per heavy atom. The fourth-order valence-electron chi connectivity index (χ4n) is 0.780. The molecule has 0 bridgehead atoms. The number of nitroso groups, excluding NO2 is 2. The van der Waals surface area contributed by atoms with E-state index in [0.29, 0.717) is 26.1 Å². The molecule has 0 rings (SSSR count). The van der Waals surface area contributed by atoms with Gasteiger partial charge >= 0.3 is 0 Å². The summed E-state index contributed by atoms with van der Waals surface area (Å²) in [7, 11) is 1.59. The van der Waals surface area contributed by atoms with Gasteiger partial charge in [0, 0.05) is 26.7 Å². The fourth-order valence-corrected chi connectivity index (χ4v) is 0.780. The molecule has 0 aliphatic rings. The number of hydrogen-bond acceptors (Lipinski definition) is 4. The van der Waals surface area contributed by atoms with Gasteiger partial charge in [0.1, 0.15) is 0 Å². The molecule has 0 unspecified atom stereocenters. The summed E-state index contributed by atoms with van der Waals surface area (Å²) < 4.78 is 0. The highest BCUT2D eigenvalue weighted by molar-refractivity contribution is 4.51. The van der Waals surface area contributed by atoms with Gasteiger partial charge in [0.05, 0.1) is 10.6 Å². The van der Waals surface area contributed by atoms with Crippen molar-refractivity contribution in [2.24, 2.45) is 10.6 Å². The van der Waals surface area contributed by atoms with Gasteiger partial charge in [-0.15, -0.1) is 9.81 Å². The summed E-state index contributed by atoms with van der Waals surface area (Å²) in [6.07, 6.45) is 0.710. The molecule has 0 aromatic rings. The van der Waals surface area contributed by atoms with Crippen LogP contribution in [0.3, 0.4) is 0 Å². The van der Waals surface area contributed by atoms with Crippen LogP contribution >= 0.6 is 0 Å².